The van der Waals surface area contributed by atoms with Gasteiger partial charge in [0.15, 0.2) is 15.6 Å². The number of benzene rings is 3. The maximum Gasteiger partial charge on any atom is 0.273 e. The van der Waals surface area contributed by atoms with Gasteiger partial charge in [0, 0.05) is 79.3 Å². The number of nitro groups is 1. The van der Waals surface area contributed by atoms with E-state index in [4.69, 9.17) is 4.74 Å². The largest absolute Gasteiger partial charge is 0.379 e. The summed E-state index contributed by atoms with van der Waals surface area (Å²) in [4.78, 5) is 33.6. The summed E-state index contributed by atoms with van der Waals surface area (Å²) in [6.45, 7) is 16.1. The maximum absolute atomic E-state index is 13.6. The van der Waals surface area contributed by atoms with E-state index in [1.165, 1.54) is 44.6 Å². The van der Waals surface area contributed by atoms with Gasteiger partial charge in [0.1, 0.15) is 5.75 Å². The number of hydrogen-bond donors (Lipinski definition) is 0. The third-order valence-corrected chi connectivity index (χ3v) is 16.9. The highest BCUT2D eigenvalue weighted by atomic mass is 32.2. The number of carbonyl (C=O) groups excluding carboxylic acids is 1. The monoisotopic (exact) mass is 854 g/mol. The van der Waals surface area contributed by atoms with Gasteiger partial charge in [-0.1, -0.05) is 56.2 Å². The molecule has 0 N–H and O–H groups in total. The van der Waals surface area contributed by atoms with Gasteiger partial charge in [0.2, 0.25) is 0 Å². The Labute approximate surface area is 361 Å². The fraction of sp³-hybridized carbons (Fsp3) is 0.562. The quantitative estimate of drug-likeness (QED) is 0.0430. The van der Waals surface area contributed by atoms with Crippen LogP contribution in [-0.2, 0) is 21.0 Å². The Morgan fingerprint density at radius 1 is 0.900 bits per heavy atom. The summed E-state index contributed by atoms with van der Waals surface area (Å²) in [6, 6.07) is 21.5. The van der Waals surface area contributed by atoms with Crippen LogP contribution in [0.1, 0.15) is 81.6 Å². The Bertz CT molecular complexity index is 2160. The molecule has 3 saturated carbocycles. The van der Waals surface area contributed by atoms with Crippen molar-refractivity contribution in [2.75, 3.05) is 82.0 Å². The molecule has 0 radical (unpaired) electrons. The predicted octanol–water partition coefficient (Wildman–Crippen LogP) is 8.74. The maximum atomic E-state index is 13.6. The first kappa shape index (κ1) is 43.1. The first-order valence-corrected chi connectivity index (χ1v) is 24.6. The summed E-state index contributed by atoms with van der Waals surface area (Å²) in [5, 5.41) is 12.4. The number of ketones is 1. The van der Waals surface area contributed by atoms with Crippen LogP contribution in [0.25, 0.3) is 0 Å². The van der Waals surface area contributed by atoms with Gasteiger partial charge in [-0.3, -0.25) is 24.7 Å². The van der Waals surface area contributed by atoms with Crippen molar-refractivity contribution in [2.24, 2.45) is 22.2 Å². The van der Waals surface area contributed by atoms with Crippen molar-refractivity contribution in [3.05, 3.63) is 105 Å². The third-order valence-electron chi connectivity index (χ3n) is 14.1. The lowest BCUT2D eigenvalue weighted by atomic mass is 9.33. The number of nitrogens with zero attached hydrogens (tertiary/aromatic N) is 4. The minimum absolute atomic E-state index is 0.124. The molecule has 2 heterocycles. The summed E-state index contributed by atoms with van der Waals surface area (Å²) in [5.74, 6) is -0.394. The smallest absolute Gasteiger partial charge is 0.273 e. The third kappa shape index (κ3) is 9.88. The molecular weight excluding hydrogens is 793 g/mol. The molecule has 6 aliphatic rings. The molecule has 2 bridgehead atoms. The highest BCUT2D eigenvalue weighted by Crippen LogP contribution is 2.77. The normalized spacial score (nSPS) is 25.0. The molecule has 0 spiro atoms. The number of rotatable bonds is 17. The summed E-state index contributed by atoms with van der Waals surface area (Å²) < 4.78 is 32.7. The lowest BCUT2D eigenvalue weighted by molar-refractivity contribution is -0.385. The van der Waals surface area contributed by atoms with Crippen LogP contribution in [0.4, 0.5) is 11.4 Å². The van der Waals surface area contributed by atoms with Crippen molar-refractivity contribution in [3.63, 3.8) is 0 Å². The number of sulfone groups is 1. The fourth-order valence-electron chi connectivity index (χ4n) is 11.0. The van der Waals surface area contributed by atoms with Crippen LogP contribution in [0.5, 0.6) is 0 Å². The molecule has 10 nitrogen and oxygen atoms in total. The van der Waals surface area contributed by atoms with E-state index in [0.29, 0.717) is 47.0 Å². The topological polar surface area (TPSA) is 113 Å². The van der Waals surface area contributed by atoms with Gasteiger partial charge in [-0.2, -0.15) is 0 Å². The minimum atomic E-state index is -4.14. The van der Waals surface area contributed by atoms with Crippen LogP contribution in [-0.4, -0.2) is 106 Å². The van der Waals surface area contributed by atoms with Crippen LogP contribution in [0.15, 0.2) is 93.7 Å². The fourth-order valence-corrected chi connectivity index (χ4v) is 13.3. The number of anilines is 1. The lowest BCUT2D eigenvalue weighted by Crippen LogP contribution is -2.61. The molecule has 1 atom stereocenters. The number of thioether (sulfide) groups is 1. The predicted molar refractivity (Wildman–Crippen MR) is 240 cm³/mol. The van der Waals surface area contributed by atoms with Gasteiger partial charge in [0.25, 0.3) is 5.69 Å². The van der Waals surface area contributed by atoms with Crippen LogP contribution in [0, 0.1) is 32.3 Å². The van der Waals surface area contributed by atoms with Gasteiger partial charge < -0.3 is 9.64 Å². The van der Waals surface area contributed by atoms with Crippen molar-refractivity contribution in [1.29, 1.82) is 0 Å². The molecule has 0 amide bonds. The molecule has 2 saturated heterocycles. The number of piperazine rings is 1. The molecule has 9 rings (SSSR count). The number of Topliss-reactive ketones (excluding diaryl/α,β-unsaturated/α-hetero) is 1. The standard InChI is InChI=1S/C48H62N4O6S2/c1-46(2)17-15-43(48-33-47(3,34-48)35-48)39(29-46)30-50-19-21-51(22-20-50)40-12-9-37(10-13-40)45(53)32-60(56,57)42-14-11-38(44(28-42)52(54)55)27-36(16-18-49-23-25-58-26-24-49)31-59-41-7-5-4-6-8-41/h4-14,28,36H,15-27,29-35H2,1-3H3/t36-,47?,48?/m0/s1. The number of ether oxygens (including phenoxy) is 1. The van der Waals surface area contributed by atoms with Crippen molar-refractivity contribution in [1.82, 2.24) is 9.80 Å². The summed E-state index contributed by atoms with van der Waals surface area (Å²) in [6.07, 6.45) is 9.23. The molecular formula is C48H62N4O6S2. The molecule has 60 heavy (non-hydrogen) atoms. The zero-order valence-electron chi connectivity index (χ0n) is 35.7. The summed E-state index contributed by atoms with van der Waals surface area (Å²) in [5.41, 5.74) is 6.61. The van der Waals surface area contributed by atoms with E-state index in [0.717, 1.165) is 81.2 Å². The van der Waals surface area contributed by atoms with E-state index in [1.807, 2.05) is 30.3 Å². The van der Waals surface area contributed by atoms with E-state index in [9.17, 15) is 23.3 Å². The minimum Gasteiger partial charge on any atom is -0.379 e. The number of nitro benzene ring substituents is 1. The molecule has 2 aliphatic heterocycles. The Morgan fingerprint density at radius 3 is 2.27 bits per heavy atom. The Balaban J connectivity index is 0.874. The first-order chi connectivity index (χ1) is 28.7. The molecule has 5 fully saturated rings. The molecule has 0 aromatic heterocycles. The van der Waals surface area contributed by atoms with Crippen LogP contribution in [0.3, 0.4) is 0 Å². The average molecular weight is 855 g/mol. The molecule has 3 aromatic rings. The lowest BCUT2D eigenvalue weighted by Gasteiger charge is -2.72. The van der Waals surface area contributed by atoms with Gasteiger partial charge in [-0.15, -0.1) is 11.8 Å². The highest BCUT2D eigenvalue weighted by molar-refractivity contribution is 7.99. The van der Waals surface area contributed by atoms with Gasteiger partial charge >= 0.3 is 0 Å². The van der Waals surface area contributed by atoms with E-state index >= 15 is 0 Å². The summed E-state index contributed by atoms with van der Waals surface area (Å²) >= 11 is 1.73. The Kier molecular flexibility index (Phi) is 12.7. The molecule has 3 aromatic carbocycles. The van der Waals surface area contributed by atoms with Crippen LogP contribution in [0.2, 0.25) is 0 Å². The SMILES string of the molecule is CC1(C)CCC(C23CC(C)(C2)C3)=C(CN2CCN(c3ccc(C(=O)CS(=O)(=O)c4ccc(C[C@H](CCN5CCOCC5)CSc5ccccc5)c([N+](=O)[O-])c4)cc3)CC2)C1. The van der Waals surface area contributed by atoms with Crippen molar-refractivity contribution < 1.29 is 22.9 Å². The van der Waals surface area contributed by atoms with Crippen molar-refractivity contribution in [2.45, 2.75) is 81.9 Å². The Hall–Kier alpha value is -3.55. The van der Waals surface area contributed by atoms with Crippen molar-refractivity contribution >= 4 is 38.8 Å². The zero-order valence-corrected chi connectivity index (χ0v) is 37.3. The second-order valence-electron chi connectivity index (χ2n) is 19.5. The van der Waals surface area contributed by atoms with Gasteiger partial charge in [-0.05, 0) is 123 Å². The average Bonchev–Trinajstić information content (AvgIpc) is 3.21. The van der Waals surface area contributed by atoms with Crippen LogP contribution >= 0.6 is 11.8 Å². The van der Waals surface area contributed by atoms with E-state index < -0.39 is 26.3 Å². The Morgan fingerprint density at radius 2 is 1.60 bits per heavy atom. The number of carbonyl (C=O) groups is 1. The van der Waals surface area contributed by atoms with Gasteiger partial charge in [0.05, 0.1) is 23.0 Å². The molecule has 12 heteroatoms. The summed E-state index contributed by atoms with van der Waals surface area (Å²) in [7, 11) is -4.14. The highest BCUT2D eigenvalue weighted by Gasteiger charge is 2.66. The number of morpholine rings is 1. The van der Waals surface area contributed by atoms with Gasteiger partial charge in [-0.25, -0.2) is 8.42 Å². The zero-order chi connectivity index (χ0) is 42.1. The second kappa shape index (κ2) is 17.7. The van der Waals surface area contributed by atoms with Crippen LogP contribution < -0.4 is 4.90 Å². The molecule has 322 valence electrons. The van der Waals surface area contributed by atoms with E-state index in [2.05, 4.69) is 47.6 Å². The van der Waals surface area contributed by atoms with E-state index in [-0.39, 0.29) is 16.5 Å². The number of allylic oxidation sites excluding steroid dienone is 1. The molecule has 4 aliphatic carbocycles. The molecule has 0 unspecified atom stereocenters. The number of hydrogen-bond acceptors (Lipinski definition) is 10. The van der Waals surface area contributed by atoms with Crippen molar-refractivity contribution in [3.8, 4) is 0 Å². The second-order valence-corrected chi connectivity index (χ2v) is 22.6. The first-order valence-electron chi connectivity index (χ1n) is 22.0. The van der Waals surface area contributed by atoms with E-state index in [1.54, 1.807) is 41.1 Å².